The van der Waals surface area contributed by atoms with E-state index in [2.05, 4.69) is 29.5 Å². The fourth-order valence-electron chi connectivity index (χ4n) is 7.23. The topological polar surface area (TPSA) is 61.2 Å². The average molecular weight is 430 g/mol. The first kappa shape index (κ1) is 19.8. The zero-order chi connectivity index (χ0) is 20.6. The molecule has 3 heterocycles. The summed E-state index contributed by atoms with van der Waals surface area (Å²) in [4.78, 5) is 14.4. The van der Waals surface area contributed by atoms with Gasteiger partial charge in [-0.3, -0.25) is 14.4 Å². The van der Waals surface area contributed by atoms with Crippen molar-refractivity contribution in [3.63, 3.8) is 0 Å². The van der Waals surface area contributed by atoms with Gasteiger partial charge in [0.25, 0.3) is 0 Å². The van der Waals surface area contributed by atoms with Gasteiger partial charge in [0.05, 0.1) is 11.1 Å². The highest BCUT2D eigenvalue weighted by Gasteiger charge is 2.61. The standard InChI is InChI=1S/C24H35N3O2S/c1-15(2)27-22(11-21(25-27)16-3-5-18(28)6-4-16)23-19-9-17(10-20(19)23)26-8-7-24(12-26)13-30(29)14-24/h11,15-17,19-20,23H,3-10,12-14H2,1-2H3. The predicted octanol–water partition coefficient (Wildman–Crippen LogP) is 3.64. The maximum absolute atomic E-state index is 11.6. The summed E-state index contributed by atoms with van der Waals surface area (Å²) in [6.07, 6.45) is 7.37. The van der Waals surface area contributed by atoms with Gasteiger partial charge in [0.1, 0.15) is 17.3 Å². The minimum absolute atomic E-state index is 0.397. The summed E-state index contributed by atoms with van der Waals surface area (Å²) in [5.41, 5.74) is 3.12. The third-order valence-corrected chi connectivity index (χ3v) is 10.8. The maximum atomic E-state index is 11.6. The van der Waals surface area contributed by atoms with Crippen molar-refractivity contribution in [2.75, 3.05) is 24.6 Å². The highest BCUT2D eigenvalue weighted by molar-refractivity contribution is 7.92. The summed E-state index contributed by atoms with van der Waals surface area (Å²) in [5.74, 6) is 5.16. The van der Waals surface area contributed by atoms with Gasteiger partial charge in [-0.25, -0.2) is 0 Å². The molecule has 0 bridgehead atoms. The Hall–Kier alpha value is -0.850. The molecule has 0 radical (unpaired) electrons. The Morgan fingerprint density at radius 3 is 2.53 bits per heavy atom. The fourth-order valence-corrected chi connectivity index (χ4v) is 8.99. The zero-order valence-electron chi connectivity index (χ0n) is 18.4. The second kappa shape index (κ2) is 7.08. The van der Waals surface area contributed by atoms with Gasteiger partial charge in [0, 0.05) is 49.0 Å². The van der Waals surface area contributed by atoms with Crippen molar-refractivity contribution in [1.82, 2.24) is 14.7 Å². The first-order chi connectivity index (χ1) is 14.4. The Bertz CT molecular complexity index is 824. The number of fused-ring (bicyclic) bond motifs is 1. The molecule has 0 amide bonds. The molecule has 2 aliphatic heterocycles. The van der Waals surface area contributed by atoms with Gasteiger partial charge < -0.3 is 4.55 Å². The molecule has 1 aromatic heterocycles. The van der Waals surface area contributed by atoms with Gasteiger partial charge in [-0.05, 0) is 70.4 Å². The van der Waals surface area contributed by atoms with Crippen LogP contribution in [0, 0.1) is 17.3 Å². The lowest BCUT2D eigenvalue weighted by Gasteiger charge is -2.39. The van der Waals surface area contributed by atoms with Crippen LogP contribution in [-0.4, -0.2) is 55.7 Å². The first-order valence-corrected chi connectivity index (χ1v) is 13.6. The van der Waals surface area contributed by atoms with E-state index in [0.29, 0.717) is 29.1 Å². The van der Waals surface area contributed by atoms with Crippen molar-refractivity contribution in [3.8, 4) is 0 Å². The number of ketones is 1. The summed E-state index contributed by atoms with van der Waals surface area (Å²) in [7, 11) is 0. The molecule has 5 fully saturated rings. The largest absolute Gasteiger partial charge is 0.616 e. The van der Waals surface area contributed by atoms with Crippen LogP contribution in [0.25, 0.3) is 0 Å². The van der Waals surface area contributed by atoms with E-state index in [4.69, 9.17) is 5.10 Å². The predicted molar refractivity (Wildman–Crippen MR) is 118 cm³/mol. The lowest BCUT2D eigenvalue weighted by Crippen LogP contribution is -2.50. The molecule has 0 N–H and O–H groups in total. The first-order valence-electron chi connectivity index (χ1n) is 12.1. The molecule has 164 valence electrons. The molecule has 3 saturated carbocycles. The van der Waals surface area contributed by atoms with Crippen molar-refractivity contribution >= 4 is 17.0 Å². The van der Waals surface area contributed by atoms with E-state index in [1.165, 1.54) is 43.7 Å². The minimum atomic E-state index is -0.531. The fraction of sp³-hybridized carbons (Fsp3) is 0.833. The Labute approximate surface area is 183 Å². The number of carbonyl (C=O) groups is 1. The van der Waals surface area contributed by atoms with Crippen molar-refractivity contribution in [2.45, 2.75) is 82.7 Å². The van der Waals surface area contributed by atoms with Crippen molar-refractivity contribution < 1.29 is 9.35 Å². The molecule has 6 heteroatoms. The monoisotopic (exact) mass is 429 g/mol. The van der Waals surface area contributed by atoms with Gasteiger partial charge in [-0.15, -0.1) is 0 Å². The number of hydrogen-bond donors (Lipinski definition) is 0. The Morgan fingerprint density at radius 2 is 1.90 bits per heavy atom. The lowest BCUT2D eigenvalue weighted by molar-refractivity contribution is -0.120. The van der Waals surface area contributed by atoms with Crippen LogP contribution in [0.3, 0.4) is 0 Å². The molecule has 6 rings (SSSR count). The van der Waals surface area contributed by atoms with E-state index in [-0.39, 0.29) is 0 Å². The van der Waals surface area contributed by atoms with Crippen LogP contribution >= 0.6 is 0 Å². The number of Topliss-reactive ketones (excluding diaryl/α,β-unsaturated/α-hetero) is 1. The number of likely N-dealkylation sites (tertiary alicyclic amines) is 1. The number of carbonyl (C=O) groups excluding carboxylic acids is 1. The van der Waals surface area contributed by atoms with E-state index in [9.17, 15) is 9.35 Å². The molecule has 2 atom stereocenters. The Balaban J connectivity index is 1.12. The van der Waals surface area contributed by atoms with E-state index in [1.807, 2.05) is 0 Å². The zero-order valence-corrected chi connectivity index (χ0v) is 19.2. The molecular formula is C24H35N3O2S. The SMILES string of the molecule is CC(C)n1nc(C2CCC(=O)CC2)cc1C1C2CC(N3CCC4(C3)C[S+]([O-])C4)CC21. The highest BCUT2D eigenvalue weighted by atomic mass is 32.2. The second-order valence-electron chi connectivity index (χ2n) is 11.3. The van der Waals surface area contributed by atoms with Gasteiger partial charge in [-0.2, -0.15) is 5.10 Å². The van der Waals surface area contributed by atoms with E-state index in [0.717, 1.165) is 55.1 Å². The third kappa shape index (κ3) is 3.20. The Morgan fingerprint density at radius 1 is 1.20 bits per heavy atom. The Kier molecular flexibility index (Phi) is 4.67. The summed E-state index contributed by atoms with van der Waals surface area (Å²) in [5, 5.41) is 5.05. The number of rotatable bonds is 4. The summed E-state index contributed by atoms with van der Waals surface area (Å²) >= 11 is -0.531. The number of aromatic nitrogens is 2. The highest BCUT2D eigenvalue weighted by Crippen LogP contribution is 2.64. The van der Waals surface area contributed by atoms with Crippen molar-refractivity contribution in [1.29, 1.82) is 0 Å². The van der Waals surface area contributed by atoms with E-state index in [1.54, 1.807) is 0 Å². The van der Waals surface area contributed by atoms with Crippen LogP contribution in [0.2, 0.25) is 0 Å². The number of hydrogen-bond acceptors (Lipinski definition) is 4. The summed E-state index contributed by atoms with van der Waals surface area (Å²) in [6, 6.07) is 3.56. The minimum Gasteiger partial charge on any atom is -0.616 e. The second-order valence-corrected chi connectivity index (χ2v) is 12.7. The third-order valence-electron chi connectivity index (χ3n) is 8.91. The molecule has 1 spiro atoms. The molecule has 3 aliphatic carbocycles. The molecule has 5 aliphatic rings. The van der Waals surface area contributed by atoms with E-state index >= 15 is 0 Å². The molecular weight excluding hydrogens is 394 g/mol. The summed E-state index contributed by atoms with van der Waals surface area (Å²) in [6.45, 7) is 6.91. The molecule has 2 saturated heterocycles. The molecule has 5 nitrogen and oxygen atoms in total. The van der Waals surface area contributed by atoms with Crippen LogP contribution in [-0.2, 0) is 16.0 Å². The van der Waals surface area contributed by atoms with Gasteiger partial charge >= 0.3 is 0 Å². The normalized spacial score (nSPS) is 41.6. The smallest absolute Gasteiger partial charge is 0.132 e. The van der Waals surface area contributed by atoms with Gasteiger partial charge in [0.2, 0.25) is 0 Å². The van der Waals surface area contributed by atoms with Crippen LogP contribution < -0.4 is 0 Å². The average Bonchev–Trinajstić information content (AvgIpc) is 3.13. The van der Waals surface area contributed by atoms with Crippen LogP contribution in [0.5, 0.6) is 0 Å². The lowest BCUT2D eigenvalue weighted by atomic mass is 9.86. The van der Waals surface area contributed by atoms with Crippen molar-refractivity contribution in [3.05, 3.63) is 17.5 Å². The molecule has 2 unspecified atom stereocenters. The maximum Gasteiger partial charge on any atom is 0.132 e. The van der Waals surface area contributed by atoms with Gasteiger partial charge in [0.15, 0.2) is 0 Å². The molecule has 0 aromatic carbocycles. The molecule has 1 aromatic rings. The van der Waals surface area contributed by atoms with Crippen molar-refractivity contribution in [2.24, 2.45) is 17.3 Å². The summed E-state index contributed by atoms with van der Waals surface area (Å²) < 4.78 is 13.9. The molecule has 30 heavy (non-hydrogen) atoms. The quantitative estimate of drug-likeness (QED) is 0.686. The van der Waals surface area contributed by atoms with E-state index < -0.39 is 11.2 Å². The van der Waals surface area contributed by atoms with Crippen LogP contribution in [0.15, 0.2) is 6.07 Å². The van der Waals surface area contributed by atoms with Crippen LogP contribution in [0.4, 0.5) is 0 Å². The van der Waals surface area contributed by atoms with Crippen LogP contribution in [0.1, 0.15) is 88.1 Å². The number of nitrogens with zero attached hydrogens (tertiary/aromatic N) is 3. The van der Waals surface area contributed by atoms with Gasteiger partial charge in [-0.1, -0.05) is 11.2 Å².